The highest BCUT2D eigenvalue weighted by Gasteiger charge is 2.28. The van der Waals surface area contributed by atoms with E-state index < -0.39 is 0 Å². The monoisotopic (exact) mass is 284 g/mol. The summed E-state index contributed by atoms with van der Waals surface area (Å²) < 4.78 is 0. The Bertz CT molecular complexity index is 605. The summed E-state index contributed by atoms with van der Waals surface area (Å²) in [6.07, 6.45) is 3.89. The summed E-state index contributed by atoms with van der Waals surface area (Å²) in [5, 5.41) is 5.82. The van der Waals surface area contributed by atoms with Crippen LogP contribution in [-0.2, 0) is 13.0 Å². The van der Waals surface area contributed by atoms with Crippen LogP contribution >= 0.6 is 11.3 Å². The second-order valence-electron chi connectivity index (χ2n) is 5.71. The fraction of sp³-hybridized carbons (Fsp3) is 0.412. The first-order chi connectivity index (χ1) is 9.93. The van der Waals surface area contributed by atoms with Crippen molar-refractivity contribution in [2.45, 2.75) is 31.8 Å². The highest BCUT2D eigenvalue weighted by Crippen LogP contribution is 2.40. The standard InChI is InChI=1S/C17H20N2S/c1-2-5-15-13(4-1)12-18-9-10-19(15)16-6-3-7-17-14(16)8-11-20-17/h1-2,4-5,8,11,16,18H,3,6-7,9-10,12H2. The maximum atomic E-state index is 3.55. The zero-order chi connectivity index (χ0) is 13.4. The van der Waals surface area contributed by atoms with E-state index in [1.54, 1.807) is 10.4 Å². The second kappa shape index (κ2) is 5.23. The zero-order valence-corrected chi connectivity index (χ0v) is 12.5. The smallest absolute Gasteiger partial charge is 0.0554 e. The van der Waals surface area contributed by atoms with Gasteiger partial charge in [0.1, 0.15) is 0 Å². The van der Waals surface area contributed by atoms with Crippen molar-refractivity contribution in [3.05, 3.63) is 51.7 Å². The average Bonchev–Trinajstić information content (AvgIpc) is 2.87. The first kappa shape index (κ1) is 12.4. The van der Waals surface area contributed by atoms with Crippen molar-refractivity contribution in [3.8, 4) is 0 Å². The van der Waals surface area contributed by atoms with Gasteiger partial charge in [-0.1, -0.05) is 18.2 Å². The van der Waals surface area contributed by atoms with Gasteiger partial charge in [-0.3, -0.25) is 0 Å². The van der Waals surface area contributed by atoms with Gasteiger partial charge in [-0.15, -0.1) is 11.3 Å². The third-order valence-electron chi connectivity index (χ3n) is 4.54. The van der Waals surface area contributed by atoms with Crippen LogP contribution in [0.15, 0.2) is 35.7 Å². The van der Waals surface area contributed by atoms with Crippen molar-refractivity contribution in [3.63, 3.8) is 0 Å². The molecule has 1 N–H and O–H groups in total. The Hall–Kier alpha value is -1.32. The van der Waals surface area contributed by atoms with Crippen molar-refractivity contribution in [2.75, 3.05) is 18.0 Å². The van der Waals surface area contributed by atoms with Crippen LogP contribution in [0.2, 0.25) is 0 Å². The fourth-order valence-corrected chi connectivity index (χ4v) is 4.57. The molecular weight excluding hydrogens is 264 g/mol. The van der Waals surface area contributed by atoms with E-state index in [9.17, 15) is 0 Å². The predicted molar refractivity (Wildman–Crippen MR) is 85.5 cm³/mol. The summed E-state index contributed by atoms with van der Waals surface area (Å²) >= 11 is 1.94. The van der Waals surface area contributed by atoms with Gasteiger partial charge in [0.05, 0.1) is 6.04 Å². The number of para-hydroxylation sites is 1. The van der Waals surface area contributed by atoms with Gasteiger partial charge >= 0.3 is 0 Å². The largest absolute Gasteiger partial charge is 0.363 e. The molecule has 1 unspecified atom stereocenters. The van der Waals surface area contributed by atoms with Gasteiger partial charge in [-0.2, -0.15) is 0 Å². The van der Waals surface area contributed by atoms with Gasteiger partial charge in [-0.25, -0.2) is 0 Å². The molecule has 1 aliphatic heterocycles. The molecule has 1 aromatic heterocycles. The summed E-state index contributed by atoms with van der Waals surface area (Å²) in [5.41, 5.74) is 4.45. The molecule has 0 saturated carbocycles. The molecule has 1 atom stereocenters. The van der Waals surface area contributed by atoms with Crippen molar-refractivity contribution in [1.29, 1.82) is 0 Å². The molecule has 1 aliphatic carbocycles. The van der Waals surface area contributed by atoms with Gasteiger partial charge in [0.15, 0.2) is 0 Å². The lowest BCUT2D eigenvalue weighted by Crippen LogP contribution is -2.34. The molecule has 2 heterocycles. The third-order valence-corrected chi connectivity index (χ3v) is 5.54. The summed E-state index contributed by atoms with van der Waals surface area (Å²) in [5.74, 6) is 0. The molecule has 4 rings (SSSR count). The SMILES string of the molecule is c1ccc2c(c1)CNCCN2C1CCCc2sccc21. The molecule has 0 amide bonds. The van der Waals surface area contributed by atoms with Gasteiger partial charge in [-0.05, 0) is 47.9 Å². The number of thiophene rings is 1. The molecule has 2 aliphatic rings. The van der Waals surface area contributed by atoms with Crippen LogP contribution < -0.4 is 10.2 Å². The summed E-state index contributed by atoms with van der Waals surface area (Å²) in [6.45, 7) is 3.18. The predicted octanol–water partition coefficient (Wildman–Crippen LogP) is 3.74. The summed E-state index contributed by atoms with van der Waals surface area (Å²) in [6, 6.07) is 11.8. The summed E-state index contributed by atoms with van der Waals surface area (Å²) in [7, 11) is 0. The molecule has 1 aromatic carbocycles. The van der Waals surface area contributed by atoms with Crippen LogP contribution in [0.3, 0.4) is 0 Å². The van der Waals surface area contributed by atoms with Crippen LogP contribution in [0.1, 0.15) is 34.9 Å². The first-order valence-electron chi connectivity index (χ1n) is 7.55. The van der Waals surface area contributed by atoms with Crippen LogP contribution in [0.25, 0.3) is 0 Å². The minimum atomic E-state index is 0.575. The Balaban J connectivity index is 1.76. The van der Waals surface area contributed by atoms with E-state index in [1.165, 1.54) is 30.5 Å². The number of anilines is 1. The molecule has 2 nitrogen and oxygen atoms in total. The molecule has 20 heavy (non-hydrogen) atoms. The number of aryl methyl sites for hydroxylation is 1. The minimum absolute atomic E-state index is 0.575. The molecule has 0 radical (unpaired) electrons. The molecule has 104 valence electrons. The van der Waals surface area contributed by atoms with Crippen LogP contribution in [0.5, 0.6) is 0 Å². The van der Waals surface area contributed by atoms with E-state index in [2.05, 4.69) is 45.9 Å². The van der Waals surface area contributed by atoms with Crippen molar-refractivity contribution in [2.24, 2.45) is 0 Å². The Labute approximate surface area is 124 Å². The van der Waals surface area contributed by atoms with Crippen molar-refractivity contribution < 1.29 is 0 Å². The Morgan fingerprint density at radius 3 is 3.15 bits per heavy atom. The Kier molecular flexibility index (Phi) is 3.25. The van der Waals surface area contributed by atoms with E-state index >= 15 is 0 Å². The number of hydrogen-bond donors (Lipinski definition) is 1. The molecule has 0 fully saturated rings. The van der Waals surface area contributed by atoms with Crippen LogP contribution in [-0.4, -0.2) is 13.1 Å². The number of nitrogens with one attached hydrogen (secondary N) is 1. The fourth-order valence-electron chi connectivity index (χ4n) is 3.59. The number of hydrogen-bond acceptors (Lipinski definition) is 3. The highest BCUT2D eigenvalue weighted by atomic mass is 32.1. The summed E-state index contributed by atoms with van der Waals surface area (Å²) in [4.78, 5) is 4.25. The molecular formula is C17H20N2S. The third kappa shape index (κ3) is 2.05. The van der Waals surface area contributed by atoms with E-state index in [4.69, 9.17) is 0 Å². The topological polar surface area (TPSA) is 15.3 Å². The Morgan fingerprint density at radius 1 is 1.20 bits per heavy atom. The quantitative estimate of drug-likeness (QED) is 0.858. The van der Waals surface area contributed by atoms with Crippen LogP contribution in [0.4, 0.5) is 5.69 Å². The van der Waals surface area contributed by atoms with Gasteiger partial charge < -0.3 is 10.2 Å². The molecule has 0 bridgehead atoms. The second-order valence-corrected chi connectivity index (χ2v) is 6.71. The maximum absolute atomic E-state index is 3.55. The van der Waals surface area contributed by atoms with E-state index in [-0.39, 0.29) is 0 Å². The zero-order valence-electron chi connectivity index (χ0n) is 11.6. The lowest BCUT2D eigenvalue weighted by atomic mass is 9.92. The van der Waals surface area contributed by atoms with Crippen molar-refractivity contribution in [1.82, 2.24) is 5.32 Å². The van der Waals surface area contributed by atoms with E-state index in [0.29, 0.717) is 6.04 Å². The lowest BCUT2D eigenvalue weighted by molar-refractivity contribution is 0.523. The van der Waals surface area contributed by atoms with Crippen molar-refractivity contribution >= 4 is 17.0 Å². The van der Waals surface area contributed by atoms with Gasteiger partial charge in [0.2, 0.25) is 0 Å². The van der Waals surface area contributed by atoms with Gasteiger partial charge in [0, 0.05) is 30.2 Å². The number of benzene rings is 1. The molecule has 0 saturated heterocycles. The molecule has 0 spiro atoms. The number of rotatable bonds is 1. The normalized spacial score (nSPS) is 22.0. The maximum Gasteiger partial charge on any atom is 0.0554 e. The number of nitrogens with zero attached hydrogens (tertiary/aromatic N) is 1. The first-order valence-corrected chi connectivity index (χ1v) is 8.43. The highest BCUT2D eigenvalue weighted by molar-refractivity contribution is 7.10. The van der Waals surface area contributed by atoms with Gasteiger partial charge in [0.25, 0.3) is 0 Å². The van der Waals surface area contributed by atoms with Crippen LogP contribution in [0, 0.1) is 0 Å². The van der Waals surface area contributed by atoms with E-state index in [0.717, 1.165) is 19.6 Å². The molecule has 3 heteroatoms. The Morgan fingerprint density at radius 2 is 2.15 bits per heavy atom. The number of fused-ring (bicyclic) bond motifs is 2. The molecule has 2 aromatic rings. The average molecular weight is 284 g/mol. The minimum Gasteiger partial charge on any atom is -0.363 e. The lowest BCUT2D eigenvalue weighted by Gasteiger charge is -2.36. The van der Waals surface area contributed by atoms with E-state index in [1.807, 2.05) is 11.3 Å².